The minimum atomic E-state index is -0.720. The van der Waals surface area contributed by atoms with Crippen LogP contribution < -0.4 is 10.1 Å². The number of benzene rings is 1. The number of carbonyl (C=O) groups excluding carboxylic acids is 1. The molecule has 2 N–H and O–H groups in total. The molecule has 1 heterocycles. The number of nitrogens with zero attached hydrogens (tertiary/aromatic N) is 1. The molecule has 1 atom stereocenters. The van der Waals surface area contributed by atoms with E-state index in [0.29, 0.717) is 19.4 Å². The molecule has 0 radical (unpaired) electrons. The fourth-order valence-corrected chi connectivity index (χ4v) is 3.73. The molecule has 3 rings (SSSR count). The number of aliphatic carboxylic acids is 1. The Morgan fingerprint density at radius 2 is 1.84 bits per heavy atom. The number of amides is 2. The largest absolute Gasteiger partial charge is 0.491 e. The van der Waals surface area contributed by atoms with Gasteiger partial charge >= 0.3 is 12.0 Å². The summed E-state index contributed by atoms with van der Waals surface area (Å²) in [5, 5.41) is 12.1. The number of likely N-dealkylation sites (tertiary alicyclic amines) is 1. The van der Waals surface area contributed by atoms with E-state index in [1.807, 2.05) is 35.2 Å². The summed E-state index contributed by atoms with van der Waals surface area (Å²) in [6.45, 7) is 1.25. The van der Waals surface area contributed by atoms with Gasteiger partial charge in [0.1, 0.15) is 12.4 Å². The highest BCUT2D eigenvalue weighted by molar-refractivity contribution is 5.75. The molecule has 2 fully saturated rings. The van der Waals surface area contributed by atoms with E-state index in [9.17, 15) is 9.59 Å². The quantitative estimate of drug-likeness (QED) is 0.859. The van der Waals surface area contributed by atoms with E-state index in [4.69, 9.17) is 9.84 Å². The lowest BCUT2D eigenvalue weighted by Gasteiger charge is -2.31. The van der Waals surface area contributed by atoms with Crippen molar-refractivity contribution in [2.24, 2.45) is 5.92 Å². The van der Waals surface area contributed by atoms with Gasteiger partial charge in [-0.15, -0.1) is 0 Å². The average molecular weight is 346 g/mol. The third-order valence-electron chi connectivity index (χ3n) is 5.23. The molecule has 1 aliphatic heterocycles. The summed E-state index contributed by atoms with van der Waals surface area (Å²) in [5.74, 6) is -0.156. The fourth-order valence-electron chi connectivity index (χ4n) is 3.73. The average Bonchev–Trinajstić information content (AvgIpc) is 3.10. The van der Waals surface area contributed by atoms with E-state index < -0.39 is 5.97 Å². The molecular formula is C19H26N2O4. The van der Waals surface area contributed by atoms with Crippen molar-refractivity contribution in [3.63, 3.8) is 0 Å². The predicted molar refractivity (Wildman–Crippen MR) is 93.6 cm³/mol. The van der Waals surface area contributed by atoms with Gasteiger partial charge in [0.05, 0.1) is 12.0 Å². The lowest BCUT2D eigenvalue weighted by Crippen LogP contribution is -2.49. The Kier molecular flexibility index (Phi) is 5.79. The van der Waals surface area contributed by atoms with Gasteiger partial charge in [-0.1, -0.05) is 18.2 Å². The van der Waals surface area contributed by atoms with Crippen LogP contribution in [0.25, 0.3) is 0 Å². The Morgan fingerprint density at radius 1 is 1.12 bits per heavy atom. The summed E-state index contributed by atoms with van der Waals surface area (Å²) in [7, 11) is 0. The standard InChI is InChI=1S/C19H26N2O4/c22-18(23)14-8-10-15(11-9-14)20-19(24)21-12-4-5-16(21)13-25-17-6-2-1-3-7-17/h1-3,6-7,14-16H,4-5,8-13H2,(H,20,24)(H,22,23)/t14?,15?,16-/m0/s1. The van der Waals surface area contributed by atoms with Gasteiger partial charge < -0.3 is 20.1 Å². The monoisotopic (exact) mass is 346 g/mol. The third-order valence-corrected chi connectivity index (χ3v) is 5.23. The summed E-state index contributed by atoms with van der Waals surface area (Å²) in [6, 6.07) is 9.78. The maximum Gasteiger partial charge on any atom is 0.317 e. The summed E-state index contributed by atoms with van der Waals surface area (Å²) in [5.41, 5.74) is 0. The first-order valence-corrected chi connectivity index (χ1v) is 9.11. The second-order valence-electron chi connectivity index (χ2n) is 6.95. The molecule has 0 spiro atoms. The van der Waals surface area contributed by atoms with Crippen LogP contribution in [0.4, 0.5) is 4.79 Å². The molecule has 2 aliphatic rings. The molecule has 0 aromatic heterocycles. The van der Waals surface area contributed by atoms with Crippen LogP contribution in [-0.4, -0.2) is 47.2 Å². The normalized spacial score (nSPS) is 26.2. The summed E-state index contributed by atoms with van der Waals surface area (Å²) in [4.78, 5) is 25.5. The van der Waals surface area contributed by atoms with Crippen molar-refractivity contribution in [1.29, 1.82) is 0 Å². The number of nitrogens with one attached hydrogen (secondary N) is 1. The molecule has 136 valence electrons. The lowest BCUT2D eigenvalue weighted by molar-refractivity contribution is -0.142. The zero-order valence-electron chi connectivity index (χ0n) is 14.4. The first-order chi connectivity index (χ1) is 12.1. The molecule has 1 aromatic carbocycles. The van der Waals surface area contributed by atoms with Gasteiger partial charge in [0, 0.05) is 12.6 Å². The van der Waals surface area contributed by atoms with Gasteiger partial charge in [0.15, 0.2) is 0 Å². The van der Waals surface area contributed by atoms with Crippen molar-refractivity contribution < 1.29 is 19.4 Å². The number of ether oxygens (including phenoxy) is 1. The number of carboxylic acid groups (broad SMARTS) is 1. The Hall–Kier alpha value is -2.24. The van der Waals surface area contributed by atoms with E-state index in [2.05, 4.69) is 5.32 Å². The predicted octanol–water partition coefficient (Wildman–Crippen LogP) is 2.88. The van der Waals surface area contributed by atoms with Crippen LogP contribution in [0.1, 0.15) is 38.5 Å². The molecular weight excluding hydrogens is 320 g/mol. The van der Waals surface area contributed by atoms with Crippen molar-refractivity contribution in [3.8, 4) is 5.75 Å². The van der Waals surface area contributed by atoms with Crippen LogP contribution in [-0.2, 0) is 4.79 Å². The van der Waals surface area contributed by atoms with Crippen LogP contribution in [0.5, 0.6) is 5.75 Å². The second kappa shape index (κ2) is 8.23. The number of urea groups is 1. The number of rotatable bonds is 5. The van der Waals surface area contributed by atoms with Gasteiger partial charge in [0.2, 0.25) is 0 Å². The van der Waals surface area contributed by atoms with Gasteiger partial charge in [-0.05, 0) is 50.7 Å². The van der Waals surface area contributed by atoms with E-state index in [1.165, 1.54) is 0 Å². The van der Waals surface area contributed by atoms with Gasteiger partial charge in [0.25, 0.3) is 0 Å². The molecule has 0 bridgehead atoms. The number of carbonyl (C=O) groups is 2. The van der Waals surface area contributed by atoms with Crippen molar-refractivity contribution >= 4 is 12.0 Å². The number of para-hydroxylation sites is 1. The highest BCUT2D eigenvalue weighted by atomic mass is 16.5. The second-order valence-corrected chi connectivity index (χ2v) is 6.95. The zero-order valence-corrected chi connectivity index (χ0v) is 14.4. The Labute approximate surface area is 148 Å². The molecule has 1 aliphatic carbocycles. The van der Waals surface area contributed by atoms with Crippen molar-refractivity contribution in [2.45, 2.75) is 50.6 Å². The van der Waals surface area contributed by atoms with Crippen LogP contribution in [0, 0.1) is 5.92 Å². The smallest absolute Gasteiger partial charge is 0.317 e. The first kappa shape index (κ1) is 17.6. The molecule has 0 unspecified atom stereocenters. The Balaban J connectivity index is 1.47. The van der Waals surface area contributed by atoms with Gasteiger partial charge in [-0.3, -0.25) is 4.79 Å². The third kappa shape index (κ3) is 4.65. The van der Waals surface area contributed by atoms with Crippen LogP contribution in [0.2, 0.25) is 0 Å². The molecule has 1 saturated carbocycles. The minimum Gasteiger partial charge on any atom is -0.491 e. The number of carboxylic acids is 1. The van der Waals surface area contributed by atoms with Crippen LogP contribution in [0.15, 0.2) is 30.3 Å². The SMILES string of the molecule is O=C(O)C1CCC(NC(=O)N2CCC[C@H]2COc2ccccc2)CC1. The number of hydrogen-bond donors (Lipinski definition) is 2. The van der Waals surface area contributed by atoms with Gasteiger partial charge in [-0.2, -0.15) is 0 Å². The van der Waals surface area contributed by atoms with E-state index in [1.54, 1.807) is 0 Å². The molecule has 25 heavy (non-hydrogen) atoms. The maximum atomic E-state index is 12.6. The van der Waals surface area contributed by atoms with Gasteiger partial charge in [-0.25, -0.2) is 4.79 Å². The molecule has 2 amide bonds. The molecule has 6 nitrogen and oxygen atoms in total. The maximum absolute atomic E-state index is 12.6. The first-order valence-electron chi connectivity index (χ1n) is 9.11. The zero-order chi connectivity index (χ0) is 17.6. The topological polar surface area (TPSA) is 78.9 Å². The van der Waals surface area contributed by atoms with Crippen LogP contribution in [0.3, 0.4) is 0 Å². The minimum absolute atomic E-state index is 0.0436. The summed E-state index contributed by atoms with van der Waals surface area (Å²) >= 11 is 0. The fraction of sp³-hybridized carbons (Fsp3) is 0.579. The highest BCUT2D eigenvalue weighted by Crippen LogP contribution is 2.25. The van der Waals surface area contributed by atoms with Crippen molar-refractivity contribution in [2.75, 3.05) is 13.2 Å². The highest BCUT2D eigenvalue weighted by Gasteiger charge is 2.32. The summed E-state index contributed by atoms with van der Waals surface area (Å²) in [6.07, 6.45) is 4.69. The van der Waals surface area contributed by atoms with E-state index in [0.717, 1.165) is 38.0 Å². The molecule has 1 aromatic rings. The van der Waals surface area contributed by atoms with Crippen molar-refractivity contribution in [1.82, 2.24) is 10.2 Å². The molecule has 1 saturated heterocycles. The lowest BCUT2D eigenvalue weighted by atomic mass is 9.86. The molecule has 6 heteroatoms. The van der Waals surface area contributed by atoms with Crippen LogP contribution >= 0.6 is 0 Å². The Bertz CT molecular complexity index is 584. The van der Waals surface area contributed by atoms with E-state index >= 15 is 0 Å². The Morgan fingerprint density at radius 3 is 2.52 bits per heavy atom. The number of hydrogen-bond acceptors (Lipinski definition) is 3. The van der Waals surface area contributed by atoms with Crippen molar-refractivity contribution in [3.05, 3.63) is 30.3 Å². The van der Waals surface area contributed by atoms with E-state index in [-0.39, 0.29) is 24.0 Å². The summed E-state index contributed by atoms with van der Waals surface area (Å²) < 4.78 is 5.81.